The molecule has 42 heavy (non-hydrogen) atoms. The minimum atomic E-state index is -4.41. The van der Waals surface area contributed by atoms with E-state index in [-0.39, 0.29) is 30.1 Å². The smallest absolute Gasteiger partial charge is 0.416 e. The standard InChI is InChI=1S/C33H35F3N2O4/c1-20(39)42-32-15-14-25(37(2)28(40)13-10-21-8-11-24(12-9-21)33(34,35)36)30-31(32)16-17-38(19-22-6-7-22)27(32)18-23-4-3-5-26(41-30)29(23)31/h3-5,8-13,22,25,27,30H,6-7,14-19H2,1-2H3/b13-10+/t25?,27-,30?,31+,32-/m1/s1. The van der Waals surface area contributed by atoms with Gasteiger partial charge in [0.15, 0.2) is 0 Å². The molecule has 5 atom stereocenters. The predicted molar refractivity (Wildman–Crippen MR) is 150 cm³/mol. The van der Waals surface area contributed by atoms with Crippen molar-refractivity contribution < 1.29 is 32.2 Å². The third-order valence-electron chi connectivity index (χ3n) is 10.4. The van der Waals surface area contributed by atoms with Crippen LogP contribution in [0.5, 0.6) is 5.75 Å². The molecule has 0 radical (unpaired) electrons. The highest BCUT2D eigenvalue weighted by molar-refractivity contribution is 5.92. The second kappa shape index (κ2) is 9.59. The van der Waals surface area contributed by atoms with Crippen molar-refractivity contribution in [2.45, 2.75) is 80.8 Å². The third-order valence-corrected chi connectivity index (χ3v) is 10.4. The van der Waals surface area contributed by atoms with Gasteiger partial charge in [0, 0.05) is 32.2 Å². The number of carbonyl (C=O) groups is 2. The maximum Gasteiger partial charge on any atom is 0.416 e. The minimum absolute atomic E-state index is 0.0456. The summed E-state index contributed by atoms with van der Waals surface area (Å²) >= 11 is 0. The van der Waals surface area contributed by atoms with Gasteiger partial charge >= 0.3 is 12.1 Å². The summed E-state index contributed by atoms with van der Waals surface area (Å²) in [4.78, 5) is 30.5. The molecule has 2 aliphatic heterocycles. The van der Waals surface area contributed by atoms with Gasteiger partial charge in [-0.2, -0.15) is 13.2 Å². The van der Waals surface area contributed by atoms with E-state index in [2.05, 4.69) is 11.0 Å². The molecule has 9 heteroatoms. The Balaban J connectivity index is 1.22. The molecule has 7 rings (SSSR count). The Kier molecular flexibility index (Phi) is 6.28. The van der Waals surface area contributed by atoms with E-state index in [1.807, 2.05) is 12.1 Å². The number of nitrogens with zero attached hydrogens (tertiary/aromatic N) is 2. The van der Waals surface area contributed by atoms with Crippen molar-refractivity contribution in [2.24, 2.45) is 5.92 Å². The van der Waals surface area contributed by atoms with Crippen LogP contribution in [0, 0.1) is 5.92 Å². The largest absolute Gasteiger partial charge is 0.487 e. The van der Waals surface area contributed by atoms with Crippen LogP contribution in [0.25, 0.3) is 6.08 Å². The Bertz CT molecular complexity index is 1450. The molecule has 6 nitrogen and oxygen atoms in total. The van der Waals surface area contributed by atoms with Crippen molar-refractivity contribution in [2.75, 3.05) is 20.1 Å². The lowest BCUT2D eigenvalue weighted by Gasteiger charge is -2.65. The molecule has 0 aromatic heterocycles. The zero-order valence-electron chi connectivity index (χ0n) is 23.8. The zero-order chi connectivity index (χ0) is 29.4. The number of piperidine rings is 1. The van der Waals surface area contributed by atoms with E-state index in [4.69, 9.17) is 9.47 Å². The van der Waals surface area contributed by atoms with Crippen LogP contribution in [0.15, 0.2) is 48.5 Å². The molecule has 222 valence electrons. The van der Waals surface area contributed by atoms with Gasteiger partial charge < -0.3 is 14.4 Å². The number of esters is 1. The van der Waals surface area contributed by atoms with Gasteiger partial charge in [-0.25, -0.2) is 0 Å². The first-order chi connectivity index (χ1) is 20.0. The summed E-state index contributed by atoms with van der Waals surface area (Å²) in [5, 5.41) is 0. The normalized spacial score (nSPS) is 31.4. The molecule has 3 fully saturated rings. The van der Waals surface area contributed by atoms with Gasteiger partial charge in [0.1, 0.15) is 17.5 Å². The lowest BCUT2D eigenvalue weighted by Crippen LogP contribution is -2.79. The highest BCUT2D eigenvalue weighted by Crippen LogP contribution is 2.66. The fraction of sp³-hybridized carbons (Fsp3) is 0.515. The van der Waals surface area contributed by atoms with E-state index in [1.165, 1.54) is 43.5 Å². The Labute approximate surface area is 243 Å². The third kappa shape index (κ3) is 4.10. The van der Waals surface area contributed by atoms with Gasteiger partial charge in [-0.1, -0.05) is 24.3 Å². The molecule has 2 saturated carbocycles. The van der Waals surface area contributed by atoms with Gasteiger partial charge in [0.25, 0.3) is 0 Å². The van der Waals surface area contributed by atoms with Gasteiger partial charge in [-0.3, -0.25) is 14.5 Å². The molecule has 5 aliphatic rings. The van der Waals surface area contributed by atoms with Crippen molar-refractivity contribution in [1.82, 2.24) is 9.80 Å². The van der Waals surface area contributed by atoms with Crippen molar-refractivity contribution in [3.63, 3.8) is 0 Å². The lowest BCUT2D eigenvalue weighted by atomic mass is 9.48. The number of carbonyl (C=O) groups excluding carboxylic acids is 2. The number of benzene rings is 2. The molecule has 2 heterocycles. The lowest BCUT2D eigenvalue weighted by molar-refractivity contribution is -0.223. The van der Waals surface area contributed by atoms with Crippen molar-refractivity contribution in [3.05, 3.63) is 70.8 Å². The average Bonchev–Trinajstić information content (AvgIpc) is 3.70. The van der Waals surface area contributed by atoms with Crippen LogP contribution in [0.2, 0.25) is 0 Å². The molecule has 2 unspecified atom stereocenters. The Morgan fingerprint density at radius 3 is 2.57 bits per heavy atom. The van der Waals surface area contributed by atoms with Gasteiger partial charge in [-0.15, -0.1) is 0 Å². The summed E-state index contributed by atoms with van der Waals surface area (Å²) in [6.07, 6.45) is 3.44. The van der Waals surface area contributed by atoms with Crippen LogP contribution in [0.3, 0.4) is 0 Å². The number of rotatable bonds is 6. The molecule has 0 N–H and O–H groups in total. The maximum atomic E-state index is 13.5. The molecule has 3 aliphatic carbocycles. The molecule has 2 aromatic rings. The van der Waals surface area contributed by atoms with Crippen molar-refractivity contribution >= 4 is 18.0 Å². The number of alkyl halides is 3. The molecule has 1 spiro atoms. The molecule has 1 saturated heterocycles. The number of halogens is 3. The molecular weight excluding hydrogens is 545 g/mol. The van der Waals surface area contributed by atoms with Gasteiger partial charge in [0.05, 0.1) is 23.1 Å². The Morgan fingerprint density at radius 1 is 1.12 bits per heavy atom. The van der Waals surface area contributed by atoms with E-state index in [0.717, 1.165) is 49.4 Å². The highest BCUT2D eigenvalue weighted by atomic mass is 19.4. The maximum absolute atomic E-state index is 13.5. The molecule has 2 bridgehead atoms. The van der Waals surface area contributed by atoms with E-state index in [1.54, 1.807) is 18.0 Å². The molecular formula is C33H35F3N2O4. The summed E-state index contributed by atoms with van der Waals surface area (Å²) in [6.45, 7) is 3.39. The van der Waals surface area contributed by atoms with Crippen LogP contribution >= 0.6 is 0 Å². The van der Waals surface area contributed by atoms with Crippen LogP contribution in [-0.2, 0) is 32.3 Å². The Morgan fingerprint density at radius 2 is 1.88 bits per heavy atom. The predicted octanol–water partition coefficient (Wildman–Crippen LogP) is 5.38. The summed E-state index contributed by atoms with van der Waals surface area (Å²) in [5.41, 5.74) is 0.847. The van der Waals surface area contributed by atoms with Crippen LogP contribution in [-0.4, -0.2) is 65.6 Å². The number of ether oxygens (including phenoxy) is 2. The van der Waals surface area contributed by atoms with Crippen LogP contribution < -0.4 is 4.74 Å². The van der Waals surface area contributed by atoms with Crippen molar-refractivity contribution in [1.29, 1.82) is 0 Å². The summed E-state index contributed by atoms with van der Waals surface area (Å²) in [5.74, 6) is 0.973. The van der Waals surface area contributed by atoms with E-state index >= 15 is 0 Å². The molecule has 1 amide bonds. The van der Waals surface area contributed by atoms with E-state index < -0.39 is 22.8 Å². The topological polar surface area (TPSA) is 59.1 Å². The van der Waals surface area contributed by atoms with E-state index in [9.17, 15) is 22.8 Å². The first-order valence-corrected chi connectivity index (χ1v) is 14.9. The fourth-order valence-electron chi connectivity index (χ4n) is 8.49. The minimum Gasteiger partial charge on any atom is -0.487 e. The number of likely N-dealkylation sites (tertiary alicyclic amines) is 1. The summed E-state index contributed by atoms with van der Waals surface area (Å²) in [7, 11) is 1.76. The zero-order valence-corrected chi connectivity index (χ0v) is 23.8. The number of likely N-dealkylation sites (N-methyl/N-ethyl adjacent to an activating group) is 1. The summed E-state index contributed by atoms with van der Waals surface area (Å²) in [6, 6.07) is 10.7. The fourth-order valence-corrected chi connectivity index (χ4v) is 8.49. The monoisotopic (exact) mass is 580 g/mol. The van der Waals surface area contributed by atoms with E-state index in [0.29, 0.717) is 24.3 Å². The molecule has 2 aromatic carbocycles. The first kappa shape index (κ1) is 27.5. The Hall–Kier alpha value is -3.33. The number of amides is 1. The van der Waals surface area contributed by atoms with Gasteiger partial charge in [0.2, 0.25) is 5.91 Å². The summed E-state index contributed by atoms with van der Waals surface area (Å²) < 4.78 is 52.1. The van der Waals surface area contributed by atoms with Crippen molar-refractivity contribution in [3.8, 4) is 5.75 Å². The highest BCUT2D eigenvalue weighted by Gasteiger charge is 2.75. The number of hydrogen-bond acceptors (Lipinski definition) is 5. The SMILES string of the molecule is CC(=O)O[C@@]12CCC(N(C)C(=O)/C=C/c3ccc(C(F)(F)F)cc3)C3Oc4cccc5c4[C@@]31CCN(CC1CC1)[C@@H]2C5. The second-order valence-electron chi connectivity index (χ2n) is 12.7. The van der Waals surface area contributed by atoms with Crippen LogP contribution in [0.1, 0.15) is 61.3 Å². The quantitative estimate of drug-likeness (QED) is 0.339. The number of hydrogen-bond donors (Lipinski definition) is 0. The van der Waals surface area contributed by atoms with Crippen LogP contribution in [0.4, 0.5) is 13.2 Å². The second-order valence-corrected chi connectivity index (χ2v) is 12.7. The van der Waals surface area contributed by atoms with Gasteiger partial charge in [-0.05, 0) is 86.4 Å². The first-order valence-electron chi connectivity index (χ1n) is 14.9. The average molecular weight is 581 g/mol.